The predicted molar refractivity (Wildman–Crippen MR) is 129 cm³/mol. The second kappa shape index (κ2) is 10.6. The number of aromatic nitrogens is 1. The highest BCUT2D eigenvalue weighted by atomic mass is 28.3. The highest BCUT2D eigenvalue weighted by Crippen LogP contribution is 2.19. The lowest BCUT2D eigenvalue weighted by molar-refractivity contribution is -0.126. The van der Waals surface area contributed by atoms with Gasteiger partial charge in [0.05, 0.1) is 21.1 Å². The molecule has 10 heteroatoms. The van der Waals surface area contributed by atoms with E-state index >= 15 is 0 Å². The van der Waals surface area contributed by atoms with Gasteiger partial charge in [0.2, 0.25) is 5.91 Å². The molecule has 3 N–H and O–H groups in total. The molecular weight excluding hydrogens is 457 g/mol. The maximum Gasteiger partial charge on any atom is 0.280 e. The summed E-state index contributed by atoms with van der Waals surface area (Å²) in [6.45, 7) is 6.51. The lowest BCUT2D eigenvalue weighted by Crippen LogP contribution is -2.40. The molecule has 0 aliphatic carbocycles. The first-order valence-corrected chi connectivity index (χ1v) is 14.2. The first-order valence-electron chi connectivity index (χ1n) is 10.7. The molecule has 0 saturated carbocycles. The highest BCUT2D eigenvalue weighted by molar-refractivity contribution is 6.88. The SMILES string of the molecule is COCc1ccc([C@@H](NC(=O)Cc2cc(=O)[nH]o2)C(=O)Nc2ccc([Si](C)(C)C)c(F)c2)cc1. The molecule has 1 atom stereocenters. The number of H-pyrrole nitrogens is 1. The lowest BCUT2D eigenvalue weighted by Gasteiger charge is -2.21. The summed E-state index contributed by atoms with van der Waals surface area (Å²) in [5.41, 5.74) is 1.25. The van der Waals surface area contributed by atoms with Gasteiger partial charge in [-0.05, 0) is 28.4 Å². The largest absolute Gasteiger partial charge is 0.383 e. The molecule has 3 rings (SSSR count). The smallest absolute Gasteiger partial charge is 0.280 e. The molecule has 0 radical (unpaired) electrons. The maximum atomic E-state index is 14.7. The van der Waals surface area contributed by atoms with Crippen LogP contribution in [0.15, 0.2) is 57.8 Å². The zero-order chi connectivity index (χ0) is 24.9. The number of halogens is 1. The van der Waals surface area contributed by atoms with Gasteiger partial charge in [-0.15, -0.1) is 0 Å². The molecule has 0 bridgehead atoms. The Labute approximate surface area is 197 Å². The lowest BCUT2D eigenvalue weighted by atomic mass is 10.0. The number of hydrogen-bond donors (Lipinski definition) is 3. The Hall–Kier alpha value is -3.50. The summed E-state index contributed by atoms with van der Waals surface area (Å²) in [5, 5.41) is 8.14. The summed E-state index contributed by atoms with van der Waals surface area (Å²) in [7, 11) is -0.294. The fourth-order valence-electron chi connectivity index (χ4n) is 3.47. The maximum absolute atomic E-state index is 14.7. The Balaban J connectivity index is 1.83. The summed E-state index contributed by atoms with van der Waals surface area (Å²) in [4.78, 5) is 37.0. The molecule has 8 nitrogen and oxygen atoms in total. The fourth-order valence-corrected chi connectivity index (χ4v) is 4.84. The van der Waals surface area contributed by atoms with Gasteiger partial charge in [0.25, 0.3) is 11.5 Å². The van der Waals surface area contributed by atoms with Crippen LogP contribution in [0.3, 0.4) is 0 Å². The minimum Gasteiger partial charge on any atom is -0.383 e. The first kappa shape index (κ1) is 25.1. The Morgan fingerprint density at radius 1 is 1.12 bits per heavy atom. The molecule has 0 aliphatic rings. The number of hydrogen-bond acceptors (Lipinski definition) is 5. The second-order valence-electron chi connectivity index (χ2n) is 8.96. The Morgan fingerprint density at radius 2 is 1.82 bits per heavy atom. The van der Waals surface area contributed by atoms with Crippen molar-refractivity contribution in [3.05, 3.63) is 81.6 Å². The molecule has 1 heterocycles. The van der Waals surface area contributed by atoms with Crippen molar-refractivity contribution in [2.75, 3.05) is 12.4 Å². The third kappa shape index (κ3) is 6.52. The van der Waals surface area contributed by atoms with Crippen LogP contribution >= 0.6 is 0 Å². The van der Waals surface area contributed by atoms with E-state index in [1.54, 1.807) is 43.5 Å². The number of amides is 2. The number of aromatic amines is 1. The number of carbonyl (C=O) groups is 2. The Kier molecular flexibility index (Phi) is 7.85. The van der Waals surface area contributed by atoms with Crippen molar-refractivity contribution in [1.82, 2.24) is 10.5 Å². The van der Waals surface area contributed by atoms with E-state index in [0.717, 1.165) is 11.6 Å². The van der Waals surface area contributed by atoms with Crippen LogP contribution in [0, 0.1) is 5.82 Å². The third-order valence-electron chi connectivity index (χ3n) is 5.15. The van der Waals surface area contributed by atoms with Gasteiger partial charge in [0.1, 0.15) is 17.6 Å². The van der Waals surface area contributed by atoms with Crippen molar-refractivity contribution in [1.29, 1.82) is 0 Å². The molecule has 2 amide bonds. The fraction of sp³-hybridized carbons (Fsp3) is 0.292. The van der Waals surface area contributed by atoms with Gasteiger partial charge in [-0.2, -0.15) is 5.16 Å². The van der Waals surface area contributed by atoms with Crippen molar-refractivity contribution in [3.63, 3.8) is 0 Å². The molecule has 3 aromatic rings. The minimum atomic E-state index is -1.87. The standard InChI is InChI=1S/C24H28FN3O5Si/c1-32-14-15-5-7-16(8-6-15)23(27-21(29)12-18-13-22(30)28-33-18)24(31)26-17-9-10-20(19(25)11-17)34(2,3)4/h5-11,13,23H,12,14H2,1-4H3,(H,26,31)(H,27,29)(H,28,30)/t23-/m1/s1. The van der Waals surface area contributed by atoms with Crippen LogP contribution in [0.25, 0.3) is 0 Å². The van der Waals surface area contributed by atoms with E-state index in [9.17, 15) is 18.8 Å². The van der Waals surface area contributed by atoms with Gasteiger partial charge in [-0.25, -0.2) is 4.39 Å². The zero-order valence-corrected chi connectivity index (χ0v) is 20.5. The van der Waals surface area contributed by atoms with Crippen LogP contribution in [0.4, 0.5) is 10.1 Å². The summed E-state index contributed by atoms with van der Waals surface area (Å²) < 4.78 is 24.7. The number of nitrogens with one attached hydrogen (secondary N) is 3. The summed E-state index contributed by atoms with van der Waals surface area (Å²) >= 11 is 0. The molecule has 180 valence electrons. The second-order valence-corrected chi connectivity index (χ2v) is 14.0. The number of benzene rings is 2. The van der Waals surface area contributed by atoms with Gasteiger partial charge in [-0.1, -0.05) is 50.0 Å². The quantitative estimate of drug-likeness (QED) is 0.404. The number of methoxy groups -OCH3 is 1. The molecule has 0 spiro atoms. The minimum absolute atomic E-state index is 0.140. The zero-order valence-electron chi connectivity index (χ0n) is 19.5. The first-order chi connectivity index (χ1) is 16.1. The van der Waals surface area contributed by atoms with E-state index in [-0.39, 0.29) is 23.7 Å². The van der Waals surface area contributed by atoms with Crippen LogP contribution in [0.5, 0.6) is 0 Å². The predicted octanol–water partition coefficient (Wildman–Crippen LogP) is 2.84. The average molecular weight is 486 g/mol. The molecule has 2 aromatic carbocycles. The molecule has 0 aliphatic heterocycles. The van der Waals surface area contributed by atoms with Crippen molar-refractivity contribution >= 4 is 30.8 Å². The van der Waals surface area contributed by atoms with Crippen molar-refractivity contribution in [2.24, 2.45) is 0 Å². The third-order valence-corrected chi connectivity index (χ3v) is 7.17. The van der Waals surface area contributed by atoms with E-state index in [0.29, 0.717) is 17.4 Å². The number of anilines is 1. The molecular formula is C24H28FN3O5Si. The van der Waals surface area contributed by atoms with E-state index in [1.165, 1.54) is 6.07 Å². The van der Waals surface area contributed by atoms with E-state index in [2.05, 4.69) is 15.8 Å². The molecule has 34 heavy (non-hydrogen) atoms. The van der Waals surface area contributed by atoms with Crippen molar-refractivity contribution in [3.8, 4) is 0 Å². The summed E-state index contributed by atoms with van der Waals surface area (Å²) in [6, 6.07) is 11.8. The monoisotopic (exact) mass is 485 g/mol. The van der Waals surface area contributed by atoms with E-state index < -0.39 is 31.5 Å². The van der Waals surface area contributed by atoms with E-state index in [1.807, 2.05) is 19.6 Å². The van der Waals surface area contributed by atoms with Gasteiger partial charge in [0.15, 0.2) is 0 Å². The molecule has 0 unspecified atom stereocenters. The van der Waals surface area contributed by atoms with Gasteiger partial charge in [0, 0.05) is 18.9 Å². The number of rotatable bonds is 9. The van der Waals surface area contributed by atoms with Crippen molar-refractivity contribution in [2.45, 2.75) is 38.7 Å². The average Bonchev–Trinajstić information content (AvgIpc) is 3.16. The number of ether oxygens (including phenoxy) is 1. The van der Waals surface area contributed by atoms with Crippen LogP contribution in [0.1, 0.15) is 22.9 Å². The van der Waals surface area contributed by atoms with Gasteiger partial charge < -0.3 is 19.9 Å². The van der Waals surface area contributed by atoms with Crippen molar-refractivity contribution < 1.29 is 23.2 Å². The van der Waals surface area contributed by atoms with Gasteiger partial charge in [-0.3, -0.25) is 14.4 Å². The highest BCUT2D eigenvalue weighted by Gasteiger charge is 2.25. The topological polar surface area (TPSA) is 113 Å². The summed E-state index contributed by atoms with van der Waals surface area (Å²) in [5.74, 6) is -1.29. The molecule has 0 fully saturated rings. The van der Waals surface area contributed by atoms with Gasteiger partial charge >= 0.3 is 0 Å². The molecule has 1 aromatic heterocycles. The Morgan fingerprint density at radius 3 is 2.38 bits per heavy atom. The number of carbonyl (C=O) groups excluding carboxylic acids is 2. The van der Waals surface area contributed by atoms with Crippen LogP contribution in [0.2, 0.25) is 19.6 Å². The normalized spacial score (nSPS) is 12.3. The molecule has 0 saturated heterocycles. The Bertz CT molecular complexity index is 1210. The summed E-state index contributed by atoms with van der Waals surface area (Å²) in [6.07, 6.45) is -0.232. The van der Waals surface area contributed by atoms with Crippen LogP contribution in [-0.4, -0.2) is 32.2 Å². The van der Waals surface area contributed by atoms with Crippen LogP contribution in [-0.2, 0) is 27.4 Å². The van der Waals surface area contributed by atoms with Crippen LogP contribution < -0.4 is 21.4 Å². The van der Waals surface area contributed by atoms with E-state index in [4.69, 9.17) is 9.26 Å².